The molecule has 0 unspecified atom stereocenters. The lowest BCUT2D eigenvalue weighted by molar-refractivity contribution is 0.632. The van der Waals surface area contributed by atoms with E-state index in [2.05, 4.69) is 9.97 Å². The highest BCUT2D eigenvalue weighted by Gasteiger charge is 2.09. The van der Waals surface area contributed by atoms with Crippen molar-refractivity contribution < 1.29 is 4.39 Å². The molecule has 4 nitrogen and oxygen atoms in total. The first-order chi connectivity index (χ1) is 7.70. The molecular formula is C11H18FN3O. The Morgan fingerprint density at radius 1 is 1.31 bits per heavy atom. The van der Waals surface area contributed by atoms with Crippen LogP contribution in [0.3, 0.4) is 0 Å². The molecule has 0 saturated heterocycles. The molecule has 2 aromatic heterocycles. The van der Waals surface area contributed by atoms with Crippen LogP contribution in [0.2, 0.25) is 0 Å². The molecule has 0 spiro atoms. The topological polar surface area (TPSA) is 50.7 Å². The van der Waals surface area contributed by atoms with E-state index in [1.54, 1.807) is 7.05 Å². The summed E-state index contributed by atoms with van der Waals surface area (Å²) in [6.07, 6.45) is 2.48. The minimum atomic E-state index is -0.540. The van der Waals surface area contributed by atoms with Crippen LogP contribution in [0.25, 0.3) is 11.0 Å². The van der Waals surface area contributed by atoms with Gasteiger partial charge < -0.3 is 9.55 Å². The van der Waals surface area contributed by atoms with Gasteiger partial charge in [0.15, 0.2) is 5.82 Å². The van der Waals surface area contributed by atoms with Gasteiger partial charge in [0.25, 0.3) is 5.56 Å². The van der Waals surface area contributed by atoms with Crippen molar-refractivity contribution in [1.29, 1.82) is 0 Å². The highest BCUT2D eigenvalue weighted by Crippen LogP contribution is 2.10. The zero-order chi connectivity index (χ0) is 12.7. The van der Waals surface area contributed by atoms with Crippen LogP contribution in [-0.2, 0) is 7.05 Å². The average molecular weight is 227 g/mol. The molecule has 0 aromatic carbocycles. The van der Waals surface area contributed by atoms with Crippen LogP contribution >= 0.6 is 0 Å². The molecule has 0 atom stereocenters. The number of hydrogen-bond acceptors (Lipinski definition) is 2. The second kappa shape index (κ2) is 6.76. The number of aromatic amines is 1. The van der Waals surface area contributed by atoms with Crippen LogP contribution in [0.5, 0.6) is 0 Å². The van der Waals surface area contributed by atoms with Crippen molar-refractivity contribution in [1.82, 2.24) is 14.5 Å². The summed E-state index contributed by atoms with van der Waals surface area (Å²) in [5.41, 5.74) is -0.0886. The van der Waals surface area contributed by atoms with Crippen LogP contribution in [0.4, 0.5) is 4.39 Å². The molecular weight excluding hydrogens is 209 g/mol. The molecule has 2 aromatic rings. The molecule has 0 saturated carbocycles. The minimum absolute atomic E-state index is 0.0139. The Kier molecular flexibility index (Phi) is 6.07. The van der Waals surface area contributed by atoms with Crippen molar-refractivity contribution in [3.8, 4) is 0 Å². The van der Waals surface area contributed by atoms with Gasteiger partial charge in [0, 0.05) is 13.2 Å². The lowest BCUT2D eigenvalue weighted by Crippen LogP contribution is -2.06. The summed E-state index contributed by atoms with van der Waals surface area (Å²) in [6, 6.07) is 0. The van der Waals surface area contributed by atoms with Crippen LogP contribution in [-0.4, -0.2) is 14.5 Å². The first kappa shape index (κ1) is 14.3. The highest BCUT2D eigenvalue weighted by atomic mass is 19.1. The summed E-state index contributed by atoms with van der Waals surface area (Å²) in [4.78, 5) is 17.2. The number of H-pyrrole nitrogens is 1. The fourth-order valence-corrected chi connectivity index (χ4v) is 1.17. The smallest absolute Gasteiger partial charge is 0.263 e. The van der Waals surface area contributed by atoms with Gasteiger partial charge in [-0.3, -0.25) is 4.79 Å². The maximum Gasteiger partial charge on any atom is 0.263 e. The van der Waals surface area contributed by atoms with E-state index in [4.69, 9.17) is 0 Å². The monoisotopic (exact) mass is 227 g/mol. The summed E-state index contributed by atoms with van der Waals surface area (Å²) in [6.45, 7) is 8.00. The summed E-state index contributed by atoms with van der Waals surface area (Å²) in [5, 5.41) is 0.0139. The summed E-state index contributed by atoms with van der Waals surface area (Å²) in [5.74, 6) is -0.540. The van der Waals surface area contributed by atoms with Crippen molar-refractivity contribution >= 4 is 11.0 Å². The fraction of sp³-hybridized carbons (Fsp3) is 0.455. The van der Waals surface area contributed by atoms with E-state index in [0.29, 0.717) is 5.65 Å². The normalized spacial score (nSPS) is 8.88. The quantitative estimate of drug-likeness (QED) is 0.751. The maximum atomic E-state index is 13.0. The first-order valence-corrected chi connectivity index (χ1v) is 5.38. The number of hydrogen-bond donors (Lipinski definition) is 1. The van der Waals surface area contributed by atoms with Crippen LogP contribution in [0.1, 0.15) is 27.7 Å². The largest absolute Gasteiger partial charge is 0.332 e. The highest BCUT2D eigenvalue weighted by molar-refractivity contribution is 5.75. The molecule has 90 valence electrons. The third-order valence-corrected chi connectivity index (χ3v) is 1.71. The Hall–Kier alpha value is -1.65. The lowest BCUT2D eigenvalue weighted by atomic mass is 10.4. The number of nitrogens with one attached hydrogen (secondary N) is 1. The molecule has 0 amide bonds. The zero-order valence-corrected chi connectivity index (χ0v) is 10.3. The van der Waals surface area contributed by atoms with E-state index >= 15 is 0 Å². The van der Waals surface area contributed by atoms with Gasteiger partial charge in [-0.25, -0.2) is 9.37 Å². The number of halogens is 1. The molecule has 5 heteroatoms. The van der Waals surface area contributed by atoms with E-state index in [1.807, 2.05) is 27.7 Å². The Balaban J connectivity index is 0.000000509. The summed E-state index contributed by atoms with van der Waals surface area (Å²) < 4.78 is 14.5. The van der Waals surface area contributed by atoms with Crippen molar-refractivity contribution in [2.24, 2.45) is 7.05 Å². The van der Waals surface area contributed by atoms with Gasteiger partial charge in [-0.05, 0) is 0 Å². The summed E-state index contributed by atoms with van der Waals surface area (Å²) >= 11 is 0. The van der Waals surface area contributed by atoms with Gasteiger partial charge in [0.2, 0.25) is 0 Å². The fourth-order valence-electron chi connectivity index (χ4n) is 1.17. The molecule has 16 heavy (non-hydrogen) atoms. The third kappa shape index (κ3) is 2.68. The molecule has 0 fully saturated rings. The number of rotatable bonds is 0. The van der Waals surface area contributed by atoms with Crippen molar-refractivity contribution in [2.45, 2.75) is 27.7 Å². The lowest BCUT2D eigenvalue weighted by Gasteiger charge is -1.90. The van der Waals surface area contributed by atoms with Crippen LogP contribution in [0.15, 0.2) is 17.3 Å². The SMILES string of the molecule is CC.CC.Cn1cc(F)c2c(=O)[nH]cnc21. The predicted octanol–water partition coefficient (Wildman–Crippen LogP) is 2.45. The molecule has 0 aliphatic carbocycles. The number of fused-ring (bicyclic) bond motifs is 1. The third-order valence-electron chi connectivity index (χ3n) is 1.71. The molecule has 0 aliphatic heterocycles. The van der Waals surface area contributed by atoms with Gasteiger partial charge >= 0.3 is 0 Å². The standard InChI is InChI=1S/C7H6FN3O.2C2H6/c1-11-2-4(8)5-6(11)9-3-10-7(5)12;2*1-2/h2-3H,1H3,(H,9,10,12);2*1-2H3. The molecule has 2 heterocycles. The average Bonchev–Trinajstić information content (AvgIpc) is 2.61. The zero-order valence-electron chi connectivity index (χ0n) is 10.3. The van der Waals surface area contributed by atoms with Crippen LogP contribution in [0, 0.1) is 5.82 Å². The molecule has 0 radical (unpaired) electrons. The Bertz CT molecular complexity index is 487. The number of nitrogens with zero attached hydrogens (tertiary/aromatic N) is 2. The van der Waals surface area contributed by atoms with Gasteiger partial charge in [-0.1, -0.05) is 27.7 Å². The number of aryl methyl sites for hydroxylation is 1. The van der Waals surface area contributed by atoms with Gasteiger partial charge in [-0.15, -0.1) is 0 Å². The van der Waals surface area contributed by atoms with Gasteiger partial charge in [0.1, 0.15) is 11.0 Å². The van der Waals surface area contributed by atoms with E-state index < -0.39 is 11.4 Å². The molecule has 1 N–H and O–H groups in total. The Labute approximate surface area is 94.1 Å². The van der Waals surface area contributed by atoms with Gasteiger partial charge in [0.05, 0.1) is 6.33 Å². The molecule has 0 aliphatic rings. The molecule has 2 rings (SSSR count). The van der Waals surface area contributed by atoms with Crippen molar-refractivity contribution in [3.05, 3.63) is 28.7 Å². The van der Waals surface area contributed by atoms with E-state index in [9.17, 15) is 9.18 Å². The predicted molar refractivity (Wildman–Crippen MR) is 64.0 cm³/mol. The second-order valence-electron chi connectivity index (χ2n) is 2.52. The maximum absolute atomic E-state index is 13.0. The van der Waals surface area contributed by atoms with Gasteiger partial charge in [-0.2, -0.15) is 0 Å². The minimum Gasteiger partial charge on any atom is -0.332 e. The van der Waals surface area contributed by atoms with Crippen molar-refractivity contribution in [3.63, 3.8) is 0 Å². The van der Waals surface area contributed by atoms with Crippen molar-refractivity contribution in [2.75, 3.05) is 0 Å². The Morgan fingerprint density at radius 2 is 1.88 bits per heavy atom. The van der Waals surface area contributed by atoms with E-state index in [1.165, 1.54) is 17.1 Å². The van der Waals surface area contributed by atoms with E-state index in [0.717, 1.165) is 0 Å². The van der Waals surface area contributed by atoms with Crippen LogP contribution < -0.4 is 5.56 Å². The number of aromatic nitrogens is 3. The second-order valence-corrected chi connectivity index (χ2v) is 2.52. The first-order valence-electron chi connectivity index (χ1n) is 5.38. The van der Waals surface area contributed by atoms with E-state index in [-0.39, 0.29) is 5.39 Å². The molecule has 0 bridgehead atoms. The summed E-state index contributed by atoms with van der Waals surface area (Å²) in [7, 11) is 1.64. The Morgan fingerprint density at radius 3 is 2.38 bits per heavy atom.